The van der Waals surface area contributed by atoms with E-state index in [9.17, 15) is 13.2 Å². The Balaban J connectivity index is 1.58. The van der Waals surface area contributed by atoms with Gasteiger partial charge in [-0.2, -0.15) is 0 Å². The number of benzene rings is 1. The number of carbonyl (C=O) groups excluding carboxylic acids is 1. The van der Waals surface area contributed by atoms with E-state index >= 15 is 0 Å². The Morgan fingerprint density at radius 3 is 2.80 bits per heavy atom. The van der Waals surface area contributed by atoms with Crippen LogP contribution in [0.5, 0.6) is 0 Å². The number of anilines is 2. The summed E-state index contributed by atoms with van der Waals surface area (Å²) in [5, 5.41) is 0. The summed E-state index contributed by atoms with van der Waals surface area (Å²) >= 11 is 0. The van der Waals surface area contributed by atoms with Gasteiger partial charge in [0, 0.05) is 30.9 Å². The summed E-state index contributed by atoms with van der Waals surface area (Å²) in [6.45, 7) is 1.60. The Hall–Kier alpha value is -1.64. The maximum absolute atomic E-state index is 12.3. The lowest BCUT2D eigenvalue weighted by Gasteiger charge is -2.17. The largest absolute Gasteiger partial charge is 0.382 e. The van der Waals surface area contributed by atoms with Crippen molar-refractivity contribution in [2.75, 3.05) is 48.9 Å². The normalized spacial score (nSPS) is 16.8. The number of ether oxygens (including phenoxy) is 2. The Morgan fingerprint density at radius 2 is 2.08 bits per heavy atom. The van der Waals surface area contributed by atoms with Gasteiger partial charge < -0.3 is 14.4 Å². The van der Waals surface area contributed by atoms with E-state index in [-0.39, 0.29) is 24.2 Å². The molecule has 1 aliphatic carbocycles. The molecule has 8 heteroatoms. The second-order valence-electron chi connectivity index (χ2n) is 6.38. The van der Waals surface area contributed by atoms with Crippen LogP contribution < -0.4 is 9.62 Å². The molecular weight excluding hydrogens is 344 g/mol. The number of fused-ring (bicyclic) bond motifs is 1. The second kappa shape index (κ2) is 7.72. The van der Waals surface area contributed by atoms with Crippen molar-refractivity contribution in [2.45, 2.75) is 19.3 Å². The Morgan fingerprint density at radius 1 is 1.28 bits per heavy atom. The maximum atomic E-state index is 12.3. The lowest BCUT2D eigenvalue weighted by atomic mass is 10.1. The number of sulfonamides is 1. The van der Waals surface area contributed by atoms with Crippen LogP contribution in [0, 0.1) is 5.92 Å². The van der Waals surface area contributed by atoms with E-state index in [4.69, 9.17) is 9.47 Å². The van der Waals surface area contributed by atoms with E-state index in [1.807, 2.05) is 17.0 Å². The number of hydrogen-bond acceptors (Lipinski definition) is 5. The van der Waals surface area contributed by atoms with E-state index in [2.05, 4.69) is 4.72 Å². The van der Waals surface area contributed by atoms with Crippen molar-refractivity contribution >= 4 is 27.3 Å². The average Bonchev–Trinajstić information content (AvgIpc) is 3.33. The highest BCUT2D eigenvalue weighted by molar-refractivity contribution is 7.92. The quantitative estimate of drug-likeness (QED) is 0.666. The minimum atomic E-state index is -3.47. The smallest absolute Gasteiger partial charge is 0.234 e. The third-order valence-electron chi connectivity index (χ3n) is 4.37. The van der Waals surface area contributed by atoms with Gasteiger partial charge in [-0.25, -0.2) is 8.42 Å². The minimum absolute atomic E-state index is 0.111. The predicted octanol–water partition coefficient (Wildman–Crippen LogP) is 1.39. The van der Waals surface area contributed by atoms with E-state index < -0.39 is 10.0 Å². The fourth-order valence-electron chi connectivity index (χ4n) is 2.89. The van der Waals surface area contributed by atoms with Crippen LogP contribution >= 0.6 is 0 Å². The van der Waals surface area contributed by atoms with Crippen LogP contribution in [0.1, 0.15) is 18.4 Å². The lowest BCUT2D eigenvalue weighted by molar-refractivity contribution is -0.119. The summed E-state index contributed by atoms with van der Waals surface area (Å²) in [6, 6.07) is 5.36. The van der Waals surface area contributed by atoms with Gasteiger partial charge in [0.1, 0.15) is 0 Å². The Bertz CT molecular complexity index is 731. The minimum Gasteiger partial charge on any atom is -0.382 e. The van der Waals surface area contributed by atoms with Crippen molar-refractivity contribution < 1.29 is 22.7 Å². The zero-order valence-corrected chi connectivity index (χ0v) is 15.2. The number of carbonyl (C=O) groups is 1. The van der Waals surface area contributed by atoms with Gasteiger partial charge in [0.25, 0.3) is 0 Å². The SMILES string of the molecule is COCCOCCS(=O)(=O)Nc1ccc2c(c1)CCN2C(=O)C1CC1. The van der Waals surface area contributed by atoms with Crippen LogP contribution in [0.4, 0.5) is 11.4 Å². The maximum Gasteiger partial charge on any atom is 0.234 e. The molecule has 1 heterocycles. The molecular formula is C17H24N2O5S. The van der Waals surface area contributed by atoms with Gasteiger partial charge in [-0.15, -0.1) is 0 Å². The first-order valence-electron chi connectivity index (χ1n) is 8.51. The van der Waals surface area contributed by atoms with Crippen molar-refractivity contribution in [3.63, 3.8) is 0 Å². The highest BCUT2D eigenvalue weighted by Crippen LogP contribution is 2.37. The molecule has 7 nitrogen and oxygen atoms in total. The molecule has 1 N–H and O–H groups in total. The summed E-state index contributed by atoms with van der Waals surface area (Å²) in [7, 11) is -1.90. The van der Waals surface area contributed by atoms with Crippen molar-refractivity contribution in [1.29, 1.82) is 0 Å². The molecule has 1 aromatic carbocycles. The fraction of sp³-hybridized carbons (Fsp3) is 0.588. The highest BCUT2D eigenvalue weighted by Gasteiger charge is 2.36. The van der Waals surface area contributed by atoms with Gasteiger partial charge in [0.15, 0.2) is 0 Å². The molecule has 25 heavy (non-hydrogen) atoms. The number of amides is 1. The molecule has 1 aliphatic heterocycles. The molecule has 0 aromatic heterocycles. The molecule has 0 radical (unpaired) electrons. The van der Waals surface area contributed by atoms with Crippen LogP contribution in [-0.2, 0) is 30.7 Å². The van der Waals surface area contributed by atoms with Gasteiger partial charge in [-0.1, -0.05) is 0 Å². The van der Waals surface area contributed by atoms with Crippen LogP contribution in [0.25, 0.3) is 0 Å². The lowest BCUT2D eigenvalue weighted by Crippen LogP contribution is -2.30. The molecule has 1 aromatic rings. The molecule has 2 aliphatic rings. The molecule has 0 unspecified atom stereocenters. The monoisotopic (exact) mass is 368 g/mol. The van der Waals surface area contributed by atoms with E-state index in [0.29, 0.717) is 25.4 Å². The van der Waals surface area contributed by atoms with Crippen molar-refractivity contribution in [3.8, 4) is 0 Å². The molecule has 138 valence electrons. The summed E-state index contributed by atoms with van der Waals surface area (Å²) < 4.78 is 36.8. The van der Waals surface area contributed by atoms with Crippen molar-refractivity contribution in [2.24, 2.45) is 5.92 Å². The van der Waals surface area contributed by atoms with Gasteiger partial charge in [0.2, 0.25) is 15.9 Å². The van der Waals surface area contributed by atoms with Crippen molar-refractivity contribution in [1.82, 2.24) is 0 Å². The van der Waals surface area contributed by atoms with Crippen LogP contribution in [0.3, 0.4) is 0 Å². The van der Waals surface area contributed by atoms with Gasteiger partial charge in [-0.05, 0) is 43.0 Å². The van der Waals surface area contributed by atoms with E-state index in [1.165, 1.54) is 0 Å². The van der Waals surface area contributed by atoms with Gasteiger partial charge in [0.05, 0.1) is 25.6 Å². The van der Waals surface area contributed by atoms with Crippen LogP contribution in [0.2, 0.25) is 0 Å². The molecule has 0 bridgehead atoms. The fourth-order valence-corrected chi connectivity index (χ4v) is 3.81. The predicted molar refractivity (Wildman–Crippen MR) is 95.3 cm³/mol. The summed E-state index contributed by atoms with van der Waals surface area (Å²) in [5.74, 6) is 0.266. The molecule has 0 atom stereocenters. The first-order chi connectivity index (χ1) is 12.0. The van der Waals surface area contributed by atoms with E-state index in [0.717, 1.165) is 30.5 Å². The Labute approximate surface area is 148 Å². The zero-order valence-electron chi connectivity index (χ0n) is 14.4. The summed E-state index contributed by atoms with van der Waals surface area (Å²) in [6.07, 6.45) is 2.72. The number of rotatable bonds is 9. The zero-order chi connectivity index (χ0) is 17.9. The molecule has 0 spiro atoms. The number of nitrogens with one attached hydrogen (secondary N) is 1. The van der Waals surface area contributed by atoms with Crippen LogP contribution in [-0.4, -0.2) is 53.6 Å². The highest BCUT2D eigenvalue weighted by atomic mass is 32.2. The summed E-state index contributed by atoms with van der Waals surface area (Å²) in [4.78, 5) is 14.1. The molecule has 1 amide bonds. The second-order valence-corrected chi connectivity index (χ2v) is 8.23. The molecule has 0 saturated heterocycles. The molecule has 3 rings (SSSR count). The first kappa shape index (κ1) is 18.2. The summed E-state index contributed by atoms with van der Waals surface area (Å²) in [5.41, 5.74) is 2.43. The van der Waals surface area contributed by atoms with Gasteiger partial charge >= 0.3 is 0 Å². The average molecular weight is 368 g/mol. The third-order valence-corrected chi connectivity index (χ3v) is 5.62. The van der Waals surface area contributed by atoms with Crippen LogP contribution in [0.15, 0.2) is 18.2 Å². The first-order valence-corrected chi connectivity index (χ1v) is 10.2. The molecule has 1 fully saturated rings. The van der Waals surface area contributed by atoms with Crippen molar-refractivity contribution in [3.05, 3.63) is 23.8 Å². The Kier molecular flexibility index (Phi) is 5.61. The standard InChI is InChI=1S/C17H24N2O5S/c1-23-8-9-24-10-11-25(21,22)18-15-4-5-16-14(12-15)6-7-19(16)17(20)13-2-3-13/h4-5,12-13,18H,2-3,6-11H2,1H3. The van der Waals surface area contributed by atoms with E-state index in [1.54, 1.807) is 13.2 Å². The molecule has 1 saturated carbocycles. The number of hydrogen-bond donors (Lipinski definition) is 1. The number of methoxy groups -OCH3 is 1. The third kappa shape index (κ3) is 4.71. The topological polar surface area (TPSA) is 84.9 Å². The van der Waals surface area contributed by atoms with Gasteiger partial charge in [-0.3, -0.25) is 9.52 Å². The number of nitrogens with zero attached hydrogens (tertiary/aromatic N) is 1.